The molecule has 0 radical (unpaired) electrons. The van der Waals surface area contributed by atoms with Crippen LogP contribution in [0.5, 0.6) is 0 Å². The number of aliphatic hydroxyl groups excluding tert-OH is 2. The van der Waals surface area contributed by atoms with Crippen LogP contribution in [0.2, 0.25) is 0 Å². The van der Waals surface area contributed by atoms with Crippen molar-refractivity contribution in [2.45, 2.75) is 360 Å². The summed E-state index contributed by atoms with van der Waals surface area (Å²) in [6.45, 7) is 4.91. The lowest BCUT2D eigenvalue weighted by molar-refractivity contribution is -0.143. The molecule has 0 aromatic rings. The van der Waals surface area contributed by atoms with Gasteiger partial charge in [0.05, 0.1) is 25.4 Å². The number of unbranched alkanes of at least 4 members (excludes halogenated alkanes) is 44. The Morgan fingerprint density at radius 1 is 0.386 bits per heavy atom. The summed E-state index contributed by atoms with van der Waals surface area (Å²) in [7, 11) is 0. The van der Waals surface area contributed by atoms with E-state index in [-0.39, 0.29) is 18.5 Å². The zero-order valence-electron chi connectivity index (χ0n) is 47.3. The summed E-state index contributed by atoms with van der Waals surface area (Å²) in [6, 6.07) is -0.536. The number of amides is 1. The predicted octanol–water partition coefficient (Wildman–Crippen LogP) is 19.8. The Bertz CT molecular complexity index is 1090. The summed E-state index contributed by atoms with van der Waals surface area (Å²) in [6.07, 6.45) is 73.7. The number of carbonyl (C=O) groups is 2. The van der Waals surface area contributed by atoms with Crippen molar-refractivity contribution in [2.24, 2.45) is 0 Å². The molecule has 6 heteroatoms. The van der Waals surface area contributed by atoms with E-state index in [0.717, 1.165) is 44.9 Å². The molecule has 0 bridgehead atoms. The van der Waals surface area contributed by atoms with Crippen LogP contribution in [0.3, 0.4) is 0 Å². The van der Waals surface area contributed by atoms with E-state index < -0.39 is 12.1 Å². The van der Waals surface area contributed by atoms with Gasteiger partial charge in [-0.3, -0.25) is 9.59 Å². The molecule has 2 atom stereocenters. The fourth-order valence-electron chi connectivity index (χ4n) is 9.85. The first-order chi connectivity index (χ1) is 34.5. The van der Waals surface area contributed by atoms with Gasteiger partial charge in [0.1, 0.15) is 0 Å². The van der Waals surface area contributed by atoms with Gasteiger partial charge in [0.2, 0.25) is 5.91 Å². The Morgan fingerprint density at radius 2 is 0.686 bits per heavy atom. The summed E-state index contributed by atoms with van der Waals surface area (Å²) in [5.74, 6) is -0.0255. The summed E-state index contributed by atoms with van der Waals surface area (Å²) in [4.78, 5) is 24.4. The fourth-order valence-corrected chi connectivity index (χ4v) is 9.85. The third-order valence-electron chi connectivity index (χ3n) is 14.7. The summed E-state index contributed by atoms with van der Waals surface area (Å²) in [5, 5.41) is 23.1. The highest BCUT2D eigenvalue weighted by molar-refractivity contribution is 5.76. The predicted molar refractivity (Wildman–Crippen MR) is 306 cm³/mol. The van der Waals surface area contributed by atoms with Gasteiger partial charge in [-0.15, -0.1) is 0 Å². The number of aliphatic hydroxyl groups is 2. The quantitative estimate of drug-likeness (QED) is 0.0321. The number of allylic oxidation sites excluding steroid dienone is 4. The Kier molecular flexibility index (Phi) is 58.5. The topological polar surface area (TPSA) is 95.9 Å². The van der Waals surface area contributed by atoms with Crippen LogP contribution in [0.25, 0.3) is 0 Å². The van der Waals surface area contributed by atoms with E-state index in [1.54, 1.807) is 0 Å². The van der Waals surface area contributed by atoms with E-state index in [1.165, 1.54) is 270 Å². The molecule has 0 aliphatic carbocycles. The molecule has 0 saturated carbocycles. The van der Waals surface area contributed by atoms with Crippen molar-refractivity contribution in [1.29, 1.82) is 0 Å². The van der Waals surface area contributed by atoms with Gasteiger partial charge in [-0.1, -0.05) is 289 Å². The second-order valence-corrected chi connectivity index (χ2v) is 21.7. The molecule has 2 unspecified atom stereocenters. The SMILES string of the molecule is CCCC/C=C\CCCCCCCC(=O)OCCCCCCCCCCCCCC/C=C\CCCCCCCCCCCCCCCCCCCC(=O)NC(CO)C(O)CCCCCCCCCCC. The molecule has 0 saturated heterocycles. The van der Waals surface area contributed by atoms with Crippen molar-refractivity contribution in [2.75, 3.05) is 13.2 Å². The average Bonchev–Trinajstić information content (AvgIpc) is 3.36. The van der Waals surface area contributed by atoms with Crippen LogP contribution in [0.4, 0.5) is 0 Å². The first kappa shape index (κ1) is 68.3. The highest BCUT2D eigenvalue weighted by atomic mass is 16.5. The number of nitrogens with one attached hydrogen (secondary N) is 1. The average molecular weight is 987 g/mol. The van der Waals surface area contributed by atoms with Gasteiger partial charge in [-0.05, 0) is 70.6 Å². The molecule has 0 spiro atoms. The fraction of sp³-hybridized carbons (Fsp3) is 0.906. The van der Waals surface area contributed by atoms with Gasteiger partial charge in [-0.2, -0.15) is 0 Å². The van der Waals surface area contributed by atoms with Gasteiger partial charge in [0.15, 0.2) is 0 Å². The number of hydrogen-bond acceptors (Lipinski definition) is 5. The molecule has 1 amide bonds. The highest BCUT2D eigenvalue weighted by Gasteiger charge is 2.20. The molecule has 6 nitrogen and oxygen atoms in total. The van der Waals surface area contributed by atoms with E-state index in [2.05, 4.69) is 43.5 Å². The minimum Gasteiger partial charge on any atom is -0.466 e. The minimum absolute atomic E-state index is 0.00758. The van der Waals surface area contributed by atoms with Crippen molar-refractivity contribution >= 4 is 11.9 Å². The van der Waals surface area contributed by atoms with Crippen LogP contribution >= 0.6 is 0 Å². The van der Waals surface area contributed by atoms with Gasteiger partial charge in [0, 0.05) is 12.8 Å². The molecule has 0 fully saturated rings. The zero-order chi connectivity index (χ0) is 50.7. The monoisotopic (exact) mass is 986 g/mol. The lowest BCUT2D eigenvalue weighted by Crippen LogP contribution is -2.45. The first-order valence-electron chi connectivity index (χ1n) is 31.6. The van der Waals surface area contributed by atoms with E-state index in [0.29, 0.717) is 25.9 Å². The maximum absolute atomic E-state index is 12.4. The summed E-state index contributed by atoms with van der Waals surface area (Å²) in [5.41, 5.74) is 0. The standard InChI is InChI=1S/C64H123NO5/c1-3-5-7-9-11-13-37-42-46-50-54-58-64(69)70-59-55-51-47-43-39-36-34-32-30-28-26-24-22-20-18-16-14-15-17-19-21-23-25-27-29-31-33-35-38-41-45-49-53-57-63(68)65-61(60-66)62(67)56-52-48-44-40-12-10-8-6-4-2/h9,11,18,20,61-62,66-67H,3-8,10,12-17,19,21-60H2,1-2H3,(H,65,68)/b11-9-,20-18-. The number of rotatable bonds is 59. The van der Waals surface area contributed by atoms with E-state index >= 15 is 0 Å². The first-order valence-corrected chi connectivity index (χ1v) is 31.6. The third-order valence-corrected chi connectivity index (χ3v) is 14.7. The number of ether oxygens (including phenoxy) is 1. The smallest absolute Gasteiger partial charge is 0.305 e. The molecule has 0 rings (SSSR count). The maximum Gasteiger partial charge on any atom is 0.305 e. The van der Waals surface area contributed by atoms with Crippen molar-refractivity contribution in [3.8, 4) is 0 Å². The van der Waals surface area contributed by atoms with Crippen molar-refractivity contribution in [1.82, 2.24) is 5.32 Å². The Morgan fingerprint density at radius 3 is 1.06 bits per heavy atom. The molecular formula is C64H123NO5. The van der Waals surface area contributed by atoms with Crippen LogP contribution in [0.1, 0.15) is 348 Å². The third kappa shape index (κ3) is 55.7. The van der Waals surface area contributed by atoms with Crippen molar-refractivity contribution in [3.63, 3.8) is 0 Å². The highest BCUT2D eigenvalue weighted by Crippen LogP contribution is 2.18. The minimum atomic E-state index is -0.659. The van der Waals surface area contributed by atoms with Gasteiger partial charge in [0.25, 0.3) is 0 Å². The van der Waals surface area contributed by atoms with Gasteiger partial charge >= 0.3 is 5.97 Å². The molecule has 414 valence electrons. The van der Waals surface area contributed by atoms with Crippen LogP contribution < -0.4 is 5.32 Å². The number of esters is 1. The van der Waals surface area contributed by atoms with Crippen LogP contribution in [-0.2, 0) is 14.3 Å². The Labute approximate surface area is 437 Å². The van der Waals surface area contributed by atoms with Gasteiger partial charge < -0.3 is 20.3 Å². The Hall–Kier alpha value is -1.66. The largest absolute Gasteiger partial charge is 0.466 e. The molecule has 0 aliphatic heterocycles. The zero-order valence-corrected chi connectivity index (χ0v) is 47.3. The Balaban J connectivity index is 3.32. The molecule has 0 aromatic heterocycles. The normalized spacial score (nSPS) is 12.7. The molecule has 0 aromatic carbocycles. The molecule has 0 heterocycles. The van der Waals surface area contributed by atoms with Crippen molar-refractivity contribution in [3.05, 3.63) is 24.3 Å². The van der Waals surface area contributed by atoms with Gasteiger partial charge in [-0.25, -0.2) is 0 Å². The lowest BCUT2D eigenvalue weighted by Gasteiger charge is -2.22. The molecule has 0 aliphatic rings. The second kappa shape index (κ2) is 59.9. The summed E-state index contributed by atoms with van der Waals surface area (Å²) < 4.78 is 5.46. The molecule has 3 N–H and O–H groups in total. The van der Waals surface area contributed by atoms with E-state index in [9.17, 15) is 19.8 Å². The van der Waals surface area contributed by atoms with E-state index in [4.69, 9.17) is 4.74 Å². The van der Waals surface area contributed by atoms with Crippen LogP contribution in [0.15, 0.2) is 24.3 Å². The summed E-state index contributed by atoms with van der Waals surface area (Å²) >= 11 is 0. The van der Waals surface area contributed by atoms with Crippen LogP contribution in [-0.4, -0.2) is 47.4 Å². The maximum atomic E-state index is 12.4. The van der Waals surface area contributed by atoms with Crippen molar-refractivity contribution < 1.29 is 24.5 Å². The number of hydrogen-bond donors (Lipinski definition) is 3. The van der Waals surface area contributed by atoms with E-state index in [1.807, 2.05) is 0 Å². The molecule has 70 heavy (non-hydrogen) atoms. The lowest BCUT2D eigenvalue weighted by atomic mass is 10.0. The number of carbonyl (C=O) groups excluding carboxylic acids is 2. The molecular weight excluding hydrogens is 863 g/mol. The second-order valence-electron chi connectivity index (χ2n) is 21.7. The van der Waals surface area contributed by atoms with Crippen LogP contribution in [0, 0.1) is 0 Å².